The lowest BCUT2D eigenvalue weighted by Crippen LogP contribution is -1.57. The maximum Gasteiger partial charge on any atom is 0.316 e. The molecule has 0 saturated heterocycles. The summed E-state index contributed by atoms with van der Waals surface area (Å²) in [5, 5.41) is 0. The van der Waals surface area contributed by atoms with Crippen molar-refractivity contribution < 1.29 is 14.0 Å². The van der Waals surface area contributed by atoms with E-state index in [1.54, 1.807) is 0 Å². The molecule has 4 heteroatoms. The highest BCUT2D eigenvalue weighted by molar-refractivity contribution is 7.32. The molecule has 0 rings (SSSR count). The van der Waals surface area contributed by atoms with Crippen LogP contribution in [0.3, 0.4) is 0 Å². The Morgan fingerprint density at radius 3 is 2.20 bits per heavy atom. The van der Waals surface area contributed by atoms with Crippen LogP contribution >= 0.6 is 8.25 Å². The van der Waals surface area contributed by atoms with E-state index in [-0.39, 0.29) is 0 Å². The Kier molecular flexibility index (Phi) is 2.46. The van der Waals surface area contributed by atoms with E-state index in [0.29, 0.717) is 0 Å². The molecular weight excluding hydrogens is 91.0 g/mol. The van der Waals surface area contributed by atoms with Crippen molar-refractivity contribution in [2.75, 3.05) is 7.11 Å². The van der Waals surface area contributed by atoms with Gasteiger partial charge in [0, 0.05) is 7.11 Å². The third-order valence-electron chi connectivity index (χ3n) is 0.175. The first kappa shape index (κ1) is 5.15. The fourth-order valence-electron chi connectivity index (χ4n) is 0. The fourth-order valence-corrected chi connectivity index (χ4v) is 0. The van der Waals surface area contributed by atoms with E-state index in [1.807, 2.05) is 0 Å². The second-order valence-electron chi connectivity index (χ2n) is 0.470. The molecule has 32 valence electrons. The highest BCUT2D eigenvalue weighted by atomic mass is 31.1. The zero-order chi connectivity index (χ0) is 4.28. The van der Waals surface area contributed by atoms with Gasteiger partial charge in [-0.05, 0) is 0 Å². The zero-order valence-corrected chi connectivity index (χ0v) is 3.76. The van der Waals surface area contributed by atoms with Gasteiger partial charge in [0.1, 0.15) is 0 Å². The summed E-state index contributed by atoms with van der Waals surface area (Å²) in [7, 11) is -1.44. The lowest BCUT2D eigenvalue weighted by molar-refractivity contribution is 0.343. The predicted molar refractivity (Wildman–Crippen MR) is 18.2 cm³/mol. The molecule has 0 aromatic rings. The van der Waals surface area contributed by atoms with Gasteiger partial charge in [-0.1, -0.05) is 0 Å². The van der Waals surface area contributed by atoms with E-state index < -0.39 is 8.25 Å². The van der Waals surface area contributed by atoms with Crippen LogP contribution in [-0.2, 0) is 9.09 Å². The molecule has 0 radical (unpaired) electrons. The summed E-state index contributed by atoms with van der Waals surface area (Å²) in [6, 6.07) is 0. The Hall–Kier alpha value is 0.150. The van der Waals surface area contributed by atoms with Gasteiger partial charge in [-0.15, -0.1) is 0 Å². The van der Waals surface area contributed by atoms with Crippen LogP contribution in [0, 0.1) is 0 Å². The van der Waals surface area contributed by atoms with E-state index in [0.717, 1.165) is 0 Å². The smallest absolute Gasteiger partial charge is 0.316 e. The van der Waals surface area contributed by atoms with Crippen molar-refractivity contribution in [3.63, 3.8) is 0 Å². The van der Waals surface area contributed by atoms with Crippen LogP contribution in [0.4, 0.5) is 0 Å². The van der Waals surface area contributed by atoms with Gasteiger partial charge in [0.05, 0.1) is 0 Å². The summed E-state index contributed by atoms with van der Waals surface area (Å²) in [4.78, 5) is 7.69. The van der Waals surface area contributed by atoms with Crippen LogP contribution in [0.5, 0.6) is 0 Å². The molecular formula is CH5O3P. The third-order valence-corrected chi connectivity index (χ3v) is 0.524. The Labute approximate surface area is 30.5 Å². The summed E-state index contributed by atoms with van der Waals surface area (Å²) in [6.45, 7) is 0. The first-order chi connectivity index (χ1) is 2.27. The van der Waals surface area contributed by atoms with Crippen LogP contribution in [0.2, 0.25) is 0 Å². The summed E-state index contributed by atoms with van der Waals surface area (Å²) in [5.41, 5.74) is 0. The van der Waals surface area contributed by atoms with Gasteiger partial charge in [-0.2, -0.15) is 0 Å². The minimum absolute atomic E-state index is 1.18. The van der Waals surface area contributed by atoms with E-state index in [4.69, 9.17) is 4.89 Å². The highest BCUT2D eigenvalue weighted by Gasteiger charge is 1.74. The summed E-state index contributed by atoms with van der Waals surface area (Å²) in [6.07, 6.45) is 0. The second-order valence-corrected chi connectivity index (χ2v) is 1.41. The summed E-state index contributed by atoms with van der Waals surface area (Å²) in [5.74, 6) is 0. The molecule has 0 aromatic heterocycles. The Morgan fingerprint density at radius 1 is 2.00 bits per heavy atom. The molecule has 0 fully saturated rings. The third kappa shape index (κ3) is 4.15. The van der Waals surface area contributed by atoms with Crippen LogP contribution in [-0.4, -0.2) is 12.0 Å². The second kappa shape index (κ2) is 2.39. The monoisotopic (exact) mass is 96.0 g/mol. The van der Waals surface area contributed by atoms with Gasteiger partial charge in [-0.3, -0.25) is 4.57 Å². The van der Waals surface area contributed by atoms with Crippen molar-refractivity contribution in [2.24, 2.45) is 0 Å². The molecule has 1 atom stereocenters. The molecule has 0 saturated carbocycles. The molecule has 0 aliphatic carbocycles. The summed E-state index contributed by atoms with van der Waals surface area (Å²) >= 11 is 0. The van der Waals surface area contributed by atoms with Crippen molar-refractivity contribution in [2.45, 2.75) is 0 Å². The van der Waals surface area contributed by atoms with Crippen LogP contribution in [0.1, 0.15) is 0 Å². The van der Waals surface area contributed by atoms with Gasteiger partial charge in [0.15, 0.2) is 0 Å². The molecule has 0 bridgehead atoms. The van der Waals surface area contributed by atoms with Gasteiger partial charge < -0.3 is 9.42 Å². The van der Waals surface area contributed by atoms with E-state index in [1.165, 1.54) is 7.11 Å². The maximum absolute atomic E-state index is 9.33. The van der Waals surface area contributed by atoms with E-state index in [2.05, 4.69) is 4.52 Å². The Bertz CT molecular complexity index is 42.2. The van der Waals surface area contributed by atoms with Crippen molar-refractivity contribution in [3.05, 3.63) is 0 Å². The first-order valence-corrected chi connectivity index (χ1v) is 2.30. The van der Waals surface area contributed by atoms with Gasteiger partial charge in [0.25, 0.3) is 0 Å². The normalized spacial score (nSPS) is 14.8. The van der Waals surface area contributed by atoms with E-state index >= 15 is 0 Å². The molecule has 3 nitrogen and oxygen atoms in total. The minimum atomic E-state index is -2.62. The quantitative estimate of drug-likeness (QED) is 0.468. The van der Waals surface area contributed by atoms with Gasteiger partial charge >= 0.3 is 8.25 Å². The largest absolute Gasteiger partial charge is 0.326 e. The van der Waals surface area contributed by atoms with Crippen molar-refractivity contribution in [3.8, 4) is 0 Å². The van der Waals surface area contributed by atoms with Crippen LogP contribution in [0.15, 0.2) is 0 Å². The van der Waals surface area contributed by atoms with E-state index in [9.17, 15) is 4.57 Å². The molecule has 1 unspecified atom stereocenters. The molecule has 0 spiro atoms. The molecule has 0 amide bonds. The topological polar surface area (TPSA) is 46.5 Å². The predicted octanol–water partition coefficient (Wildman–Crippen LogP) is 0.0148. The van der Waals surface area contributed by atoms with Crippen molar-refractivity contribution in [1.82, 2.24) is 0 Å². The first-order valence-electron chi connectivity index (χ1n) is 1.04. The standard InChI is InChI=1S/CH5O3P/c1-4-5(2)3/h5H,1H3,(H,2,3). The molecule has 0 aromatic carbocycles. The lowest BCUT2D eigenvalue weighted by Gasteiger charge is -1.78. The average molecular weight is 96.0 g/mol. The van der Waals surface area contributed by atoms with Crippen molar-refractivity contribution in [1.29, 1.82) is 0 Å². The maximum atomic E-state index is 9.33. The highest BCUT2D eigenvalue weighted by Crippen LogP contribution is 2.09. The number of hydrogen-bond donors (Lipinski definition) is 1. The molecule has 1 N–H and O–H groups in total. The minimum Gasteiger partial charge on any atom is -0.326 e. The van der Waals surface area contributed by atoms with Crippen molar-refractivity contribution >= 4 is 8.25 Å². The number of rotatable bonds is 1. The molecule has 0 heterocycles. The Balaban J connectivity index is 2.85. The molecule has 0 aliphatic heterocycles. The van der Waals surface area contributed by atoms with Crippen LogP contribution < -0.4 is 0 Å². The molecule has 0 aliphatic rings. The van der Waals surface area contributed by atoms with Gasteiger partial charge in [0.2, 0.25) is 0 Å². The number of hydrogen-bond acceptors (Lipinski definition) is 2. The Morgan fingerprint density at radius 2 is 2.20 bits per heavy atom. The SMILES string of the molecule is CO[PH](=O)O. The van der Waals surface area contributed by atoms with Gasteiger partial charge in [-0.25, -0.2) is 0 Å². The summed E-state index contributed by atoms with van der Waals surface area (Å²) < 4.78 is 13.2. The fraction of sp³-hybridized carbons (Fsp3) is 1.00. The van der Waals surface area contributed by atoms with Crippen LogP contribution in [0.25, 0.3) is 0 Å². The average Bonchev–Trinajstić information content (AvgIpc) is 1.38. The zero-order valence-electron chi connectivity index (χ0n) is 2.76. The molecule has 5 heavy (non-hydrogen) atoms. The lowest BCUT2D eigenvalue weighted by atomic mass is 11.8.